The van der Waals surface area contributed by atoms with Crippen molar-refractivity contribution in [2.75, 3.05) is 20.2 Å². The van der Waals surface area contributed by atoms with Gasteiger partial charge in [-0.3, -0.25) is 4.90 Å². The van der Waals surface area contributed by atoms with Crippen molar-refractivity contribution >= 4 is 11.6 Å². The van der Waals surface area contributed by atoms with Gasteiger partial charge in [-0.2, -0.15) is 0 Å². The predicted octanol–water partition coefficient (Wildman–Crippen LogP) is 3.81. The van der Waals surface area contributed by atoms with Crippen LogP contribution in [-0.2, 0) is 13.1 Å². The Morgan fingerprint density at radius 3 is 2.68 bits per heavy atom. The van der Waals surface area contributed by atoms with Gasteiger partial charge in [0.1, 0.15) is 0 Å². The summed E-state index contributed by atoms with van der Waals surface area (Å²) < 4.78 is 5.09. The molecule has 1 saturated heterocycles. The molecule has 1 aliphatic rings. The SMILES string of the molecule is COc1ccc(CNC2CCCN(Cc3ccc(Cl)cc3)C2)cc1O. The van der Waals surface area contributed by atoms with E-state index in [-0.39, 0.29) is 5.75 Å². The lowest BCUT2D eigenvalue weighted by Crippen LogP contribution is -2.45. The standard InChI is InChI=1S/C20H25ClN2O2/c1-25-20-9-6-16(11-19(20)24)12-22-18-3-2-10-23(14-18)13-15-4-7-17(21)8-5-15/h4-9,11,18,22,24H,2-3,10,12-14H2,1H3. The Morgan fingerprint density at radius 1 is 1.20 bits per heavy atom. The smallest absolute Gasteiger partial charge is 0.160 e. The summed E-state index contributed by atoms with van der Waals surface area (Å²) in [5, 5.41) is 14.3. The van der Waals surface area contributed by atoms with Gasteiger partial charge in [0.25, 0.3) is 0 Å². The topological polar surface area (TPSA) is 44.7 Å². The van der Waals surface area contributed by atoms with E-state index in [0.29, 0.717) is 11.8 Å². The molecule has 1 unspecified atom stereocenters. The zero-order chi connectivity index (χ0) is 17.6. The quantitative estimate of drug-likeness (QED) is 0.822. The van der Waals surface area contributed by atoms with Crippen LogP contribution in [0, 0.1) is 0 Å². The van der Waals surface area contributed by atoms with E-state index in [9.17, 15) is 5.11 Å². The molecular weight excluding hydrogens is 336 g/mol. The number of nitrogens with zero attached hydrogens (tertiary/aromatic N) is 1. The number of piperidine rings is 1. The Bertz CT molecular complexity index is 691. The van der Waals surface area contributed by atoms with Gasteiger partial charge >= 0.3 is 0 Å². The first-order chi connectivity index (χ1) is 12.1. The van der Waals surface area contributed by atoms with Crippen LogP contribution in [0.3, 0.4) is 0 Å². The van der Waals surface area contributed by atoms with E-state index in [2.05, 4.69) is 22.3 Å². The van der Waals surface area contributed by atoms with Crippen LogP contribution in [0.1, 0.15) is 24.0 Å². The Hall–Kier alpha value is -1.75. The van der Waals surface area contributed by atoms with Crippen molar-refractivity contribution in [1.82, 2.24) is 10.2 Å². The van der Waals surface area contributed by atoms with Gasteiger partial charge in [-0.05, 0) is 54.8 Å². The van der Waals surface area contributed by atoms with E-state index >= 15 is 0 Å². The van der Waals surface area contributed by atoms with E-state index in [1.165, 1.54) is 18.4 Å². The first-order valence-electron chi connectivity index (χ1n) is 8.70. The lowest BCUT2D eigenvalue weighted by Gasteiger charge is -2.33. The Balaban J connectivity index is 1.51. The zero-order valence-electron chi connectivity index (χ0n) is 14.5. The number of phenolic OH excluding ortho intramolecular Hbond substituents is 1. The van der Waals surface area contributed by atoms with E-state index in [0.717, 1.165) is 36.8 Å². The van der Waals surface area contributed by atoms with Crippen LogP contribution >= 0.6 is 11.6 Å². The fourth-order valence-corrected chi connectivity index (χ4v) is 3.45. The van der Waals surface area contributed by atoms with Crippen LogP contribution in [0.15, 0.2) is 42.5 Å². The number of nitrogens with one attached hydrogen (secondary N) is 1. The third kappa shape index (κ3) is 5.11. The molecule has 0 bridgehead atoms. The van der Waals surface area contributed by atoms with Crippen molar-refractivity contribution in [2.24, 2.45) is 0 Å². The summed E-state index contributed by atoms with van der Waals surface area (Å²) in [7, 11) is 1.56. The van der Waals surface area contributed by atoms with Crippen molar-refractivity contribution in [3.05, 3.63) is 58.6 Å². The number of ether oxygens (including phenoxy) is 1. The number of halogens is 1. The molecule has 0 amide bonds. The average molecular weight is 361 g/mol. The van der Waals surface area contributed by atoms with Crippen LogP contribution in [-0.4, -0.2) is 36.2 Å². The molecule has 0 aromatic heterocycles. The molecule has 5 heteroatoms. The molecule has 2 aromatic carbocycles. The van der Waals surface area contributed by atoms with Gasteiger partial charge in [0.15, 0.2) is 11.5 Å². The first-order valence-corrected chi connectivity index (χ1v) is 9.08. The molecule has 3 rings (SSSR count). The molecule has 134 valence electrons. The number of aromatic hydroxyl groups is 1. The number of phenols is 1. The van der Waals surface area contributed by atoms with Crippen molar-refractivity contribution in [3.63, 3.8) is 0 Å². The summed E-state index contributed by atoms with van der Waals surface area (Å²) in [5.74, 6) is 0.699. The van der Waals surface area contributed by atoms with Gasteiger partial charge < -0.3 is 15.2 Å². The minimum Gasteiger partial charge on any atom is -0.504 e. The maximum Gasteiger partial charge on any atom is 0.160 e. The number of likely N-dealkylation sites (tertiary alicyclic amines) is 1. The van der Waals surface area contributed by atoms with Gasteiger partial charge in [-0.1, -0.05) is 29.8 Å². The van der Waals surface area contributed by atoms with Crippen LogP contribution in [0.4, 0.5) is 0 Å². The number of hydrogen-bond acceptors (Lipinski definition) is 4. The highest BCUT2D eigenvalue weighted by molar-refractivity contribution is 6.30. The van der Waals surface area contributed by atoms with E-state index in [4.69, 9.17) is 16.3 Å². The van der Waals surface area contributed by atoms with Crippen LogP contribution in [0.5, 0.6) is 11.5 Å². The lowest BCUT2D eigenvalue weighted by atomic mass is 10.0. The zero-order valence-corrected chi connectivity index (χ0v) is 15.3. The minimum atomic E-state index is 0.190. The van der Waals surface area contributed by atoms with Gasteiger partial charge in [-0.25, -0.2) is 0 Å². The second-order valence-corrected chi connectivity index (χ2v) is 7.02. The number of hydrogen-bond donors (Lipinski definition) is 2. The lowest BCUT2D eigenvalue weighted by molar-refractivity contribution is 0.182. The maximum atomic E-state index is 9.88. The van der Waals surface area contributed by atoms with E-state index < -0.39 is 0 Å². The highest BCUT2D eigenvalue weighted by atomic mass is 35.5. The summed E-state index contributed by atoms with van der Waals surface area (Å²) in [6.07, 6.45) is 2.37. The molecule has 1 heterocycles. The monoisotopic (exact) mass is 360 g/mol. The Morgan fingerprint density at radius 2 is 1.96 bits per heavy atom. The highest BCUT2D eigenvalue weighted by Gasteiger charge is 2.19. The van der Waals surface area contributed by atoms with Gasteiger partial charge in [0, 0.05) is 30.7 Å². The first kappa shape index (κ1) is 18.1. The summed E-state index contributed by atoms with van der Waals surface area (Å²) in [4.78, 5) is 2.48. The molecule has 2 N–H and O–H groups in total. The van der Waals surface area contributed by atoms with Crippen molar-refractivity contribution < 1.29 is 9.84 Å². The van der Waals surface area contributed by atoms with Crippen LogP contribution in [0.2, 0.25) is 5.02 Å². The average Bonchev–Trinajstić information content (AvgIpc) is 2.62. The molecule has 0 saturated carbocycles. The van der Waals surface area contributed by atoms with Gasteiger partial charge in [0.2, 0.25) is 0 Å². The second-order valence-electron chi connectivity index (χ2n) is 6.59. The van der Waals surface area contributed by atoms with Crippen LogP contribution in [0.25, 0.3) is 0 Å². The summed E-state index contributed by atoms with van der Waals surface area (Å²) >= 11 is 5.96. The summed E-state index contributed by atoms with van der Waals surface area (Å²) in [6, 6.07) is 14.1. The fraction of sp³-hybridized carbons (Fsp3) is 0.400. The molecule has 1 atom stereocenters. The highest BCUT2D eigenvalue weighted by Crippen LogP contribution is 2.26. The Labute approximate surface area is 154 Å². The molecule has 25 heavy (non-hydrogen) atoms. The van der Waals surface area contributed by atoms with Crippen molar-refractivity contribution in [1.29, 1.82) is 0 Å². The normalized spacial score (nSPS) is 18.2. The van der Waals surface area contributed by atoms with E-state index in [1.54, 1.807) is 19.2 Å². The number of methoxy groups -OCH3 is 1. The van der Waals surface area contributed by atoms with Gasteiger partial charge in [-0.15, -0.1) is 0 Å². The minimum absolute atomic E-state index is 0.190. The van der Waals surface area contributed by atoms with Crippen molar-refractivity contribution in [2.45, 2.75) is 32.0 Å². The molecule has 1 aliphatic heterocycles. The fourth-order valence-electron chi connectivity index (χ4n) is 3.32. The third-order valence-corrected chi connectivity index (χ3v) is 4.92. The number of rotatable bonds is 6. The second kappa shape index (κ2) is 8.56. The molecule has 0 spiro atoms. The summed E-state index contributed by atoms with van der Waals surface area (Å²) in [5.41, 5.74) is 2.36. The van der Waals surface area contributed by atoms with Gasteiger partial charge in [0.05, 0.1) is 7.11 Å². The van der Waals surface area contributed by atoms with Crippen molar-refractivity contribution in [3.8, 4) is 11.5 Å². The predicted molar refractivity (Wildman–Crippen MR) is 101 cm³/mol. The summed E-state index contributed by atoms with van der Waals surface area (Å²) in [6.45, 7) is 3.87. The maximum absolute atomic E-state index is 9.88. The molecule has 0 radical (unpaired) electrons. The number of benzene rings is 2. The molecule has 0 aliphatic carbocycles. The molecular formula is C20H25ClN2O2. The molecule has 4 nitrogen and oxygen atoms in total. The Kier molecular flexibility index (Phi) is 6.19. The third-order valence-electron chi connectivity index (χ3n) is 4.66. The molecule has 2 aromatic rings. The van der Waals surface area contributed by atoms with E-state index in [1.807, 2.05) is 18.2 Å². The molecule has 1 fully saturated rings. The largest absolute Gasteiger partial charge is 0.504 e. The van der Waals surface area contributed by atoms with Crippen LogP contribution < -0.4 is 10.1 Å².